The molecule has 0 spiro atoms. The highest BCUT2D eigenvalue weighted by atomic mass is 16.5. The van der Waals surface area contributed by atoms with Gasteiger partial charge in [0.1, 0.15) is 5.75 Å². The van der Waals surface area contributed by atoms with E-state index in [4.69, 9.17) is 4.74 Å². The highest BCUT2D eigenvalue weighted by Gasteiger charge is 2.44. The van der Waals surface area contributed by atoms with Crippen molar-refractivity contribution >= 4 is 23.0 Å². The number of esters is 1. The summed E-state index contributed by atoms with van der Waals surface area (Å²) in [6, 6.07) is 64.7. The summed E-state index contributed by atoms with van der Waals surface area (Å²) in [5, 5.41) is 0. The molecule has 382 valence electrons. The Bertz CT molecular complexity index is 3150. The Balaban J connectivity index is 1.05. The summed E-state index contributed by atoms with van der Waals surface area (Å²) >= 11 is 0. The standard InChI is InChI=1S/C72H77NO2/c1-8-13-43-71(44-14-9-2)66-27-21-19-24-60(66)62-41-37-56(48-68(62)71)73(57-38-42-63-61-25-20-22-28-67(61)72(45-15-10-3,46-16-11-4)69(63)49-57)55-35-31-52(32-36-55)59-23-17-18-26-64(59)70(74)75-58-39-33-53(34-40-58)65-47-54(50(6)7)30-29-51(65)12-5/h17-42,47-50H,8-16,43-46H2,1-7H3. The third-order valence-corrected chi connectivity index (χ3v) is 17.0. The first-order chi connectivity index (χ1) is 36.7. The molecule has 2 aliphatic rings. The number of hydrogen-bond donors (Lipinski definition) is 0. The lowest BCUT2D eigenvalue weighted by Crippen LogP contribution is -2.26. The summed E-state index contributed by atoms with van der Waals surface area (Å²) in [6.07, 6.45) is 14.9. The highest BCUT2D eigenvalue weighted by Crippen LogP contribution is 2.58. The van der Waals surface area contributed by atoms with Gasteiger partial charge < -0.3 is 9.64 Å². The van der Waals surface area contributed by atoms with Crippen molar-refractivity contribution in [1.82, 2.24) is 0 Å². The second-order valence-corrected chi connectivity index (χ2v) is 21.9. The number of aryl methyl sites for hydroxylation is 1. The van der Waals surface area contributed by atoms with Crippen molar-refractivity contribution < 1.29 is 9.53 Å². The van der Waals surface area contributed by atoms with Gasteiger partial charge in [0.05, 0.1) is 5.56 Å². The van der Waals surface area contributed by atoms with Crippen LogP contribution in [0.15, 0.2) is 176 Å². The molecule has 0 atom stereocenters. The minimum atomic E-state index is -0.373. The lowest BCUT2D eigenvalue weighted by molar-refractivity contribution is 0.0735. The molecule has 2 aliphatic carbocycles. The van der Waals surface area contributed by atoms with Crippen LogP contribution in [0.25, 0.3) is 44.5 Å². The Morgan fingerprint density at radius 3 is 1.37 bits per heavy atom. The molecule has 0 aliphatic heterocycles. The van der Waals surface area contributed by atoms with Crippen LogP contribution in [0.5, 0.6) is 5.75 Å². The molecule has 3 nitrogen and oxygen atoms in total. The number of benzene rings is 8. The topological polar surface area (TPSA) is 29.5 Å². The van der Waals surface area contributed by atoms with E-state index in [-0.39, 0.29) is 16.8 Å². The van der Waals surface area contributed by atoms with Gasteiger partial charge in [-0.25, -0.2) is 4.79 Å². The summed E-state index contributed by atoms with van der Waals surface area (Å²) in [6.45, 7) is 16.0. The summed E-state index contributed by atoms with van der Waals surface area (Å²) in [4.78, 5) is 16.7. The lowest BCUT2D eigenvalue weighted by Gasteiger charge is -2.35. The molecule has 8 aromatic carbocycles. The van der Waals surface area contributed by atoms with E-state index in [1.807, 2.05) is 36.4 Å². The molecular weight excluding hydrogens is 911 g/mol. The largest absolute Gasteiger partial charge is 0.423 e. The molecule has 0 radical (unpaired) electrons. The van der Waals surface area contributed by atoms with Crippen LogP contribution in [0.4, 0.5) is 17.1 Å². The van der Waals surface area contributed by atoms with E-state index in [9.17, 15) is 4.79 Å². The predicted molar refractivity (Wildman–Crippen MR) is 317 cm³/mol. The molecule has 10 rings (SSSR count). The number of nitrogens with zero attached hydrogens (tertiary/aromatic N) is 1. The summed E-state index contributed by atoms with van der Waals surface area (Å²) in [7, 11) is 0. The number of carbonyl (C=O) groups excluding carboxylic acids is 1. The van der Waals surface area contributed by atoms with Gasteiger partial charge in [0, 0.05) is 27.9 Å². The number of unbranched alkanes of at least 4 members (excludes halogenated alkanes) is 4. The minimum Gasteiger partial charge on any atom is -0.423 e. The fourth-order valence-electron chi connectivity index (χ4n) is 13.0. The number of rotatable bonds is 21. The van der Waals surface area contributed by atoms with Gasteiger partial charge in [-0.05, 0) is 171 Å². The molecular formula is C72H77NO2. The number of hydrogen-bond acceptors (Lipinski definition) is 3. The van der Waals surface area contributed by atoms with E-state index in [1.54, 1.807) is 0 Å². The summed E-state index contributed by atoms with van der Waals surface area (Å²) in [5.41, 5.74) is 22.1. The van der Waals surface area contributed by atoms with Gasteiger partial charge in [-0.3, -0.25) is 0 Å². The van der Waals surface area contributed by atoms with E-state index in [0.717, 1.165) is 54.5 Å². The molecule has 0 saturated carbocycles. The quantitative estimate of drug-likeness (QED) is 0.0531. The van der Waals surface area contributed by atoms with Crippen LogP contribution in [0.3, 0.4) is 0 Å². The molecule has 0 aromatic heterocycles. The zero-order chi connectivity index (χ0) is 52.1. The first kappa shape index (κ1) is 51.5. The van der Waals surface area contributed by atoms with Gasteiger partial charge in [-0.15, -0.1) is 0 Å². The zero-order valence-electron chi connectivity index (χ0n) is 45.8. The average Bonchev–Trinajstić information content (AvgIpc) is 3.91. The molecule has 0 fully saturated rings. The second kappa shape index (κ2) is 22.5. The molecule has 0 N–H and O–H groups in total. The van der Waals surface area contributed by atoms with Crippen molar-refractivity contribution in [3.8, 4) is 50.3 Å². The summed E-state index contributed by atoms with van der Waals surface area (Å²) < 4.78 is 6.15. The molecule has 3 heteroatoms. The maximum absolute atomic E-state index is 14.2. The number of ether oxygens (including phenoxy) is 1. The van der Waals surface area contributed by atoms with E-state index in [1.165, 1.54) is 124 Å². The Morgan fingerprint density at radius 1 is 0.440 bits per heavy atom. The SMILES string of the molecule is CCCCC1(CCCC)c2ccccc2-c2ccc(N(c3ccc(-c4ccccc4C(=O)Oc4ccc(-c5cc(C(C)C)ccc5CC)cc4)cc3)c3ccc4c(c3)C(CCCC)(CCCC)c3ccccc3-4)cc21. The van der Waals surface area contributed by atoms with Gasteiger partial charge >= 0.3 is 5.97 Å². The monoisotopic (exact) mass is 988 g/mol. The molecule has 75 heavy (non-hydrogen) atoms. The average molecular weight is 988 g/mol. The van der Waals surface area contributed by atoms with Crippen molar-refractivity contribution in [2.75, 3.05) is 4.90 Å². The van der Waals surface area contributed by atoms with E-state index >= 15 is 0 Å². The lowest BCUT2D eigenvalue weighted by atomic mass is 9.70. The molecule has 0 bridgehead atoms. The van der Waals surface area contributed by atoms with E-state index in [2.05, 4.69) is 193 Å². The van der Waals surface area contributed by atoms with E-state index < -0.39 is 0 Å². The van der Waals surface area contributed by atoms with Crippen molar-refractivity contribution in [2.24, 2.45) is 0 Å². The Kier molecular flexibility index (Phi) is 15.4. The highest BCUT2D eigenvalue weighted by molar-refractivity contribution is 5.99. The fraction of sp³-hybridized carbons (Fsp3) is 0.319. The van der Waals surface area contributed by atoms with Gasteiger partial charge in [0.2, 0.25) is 0 Å². The first-order valence-electron chi connectivity index (χ1n) is 28.6. The maximum Gasteiger partial charge on any atom is 0.344 e. The van der Waals surface area contributed by atoms with Crippen LogP contribution in [0.1, 0.15) is 175 Å². The van der Waals surface area contributed by atoms with Gasteiger partial charge in [-0.2, -0.15) is 0 Å². The third-order valence-electron chi connectivity index (χ3n) is 17.0. The fourth-order valence-corrected chi connectivity index (χ4v) is 13.0. The number of anilines is 3. The summed E-state index contributed by atoms with van der Waals surface area (Å²) in [5.74, 6) is 0.594. The predicted octanol–water partition coefficient (Wildman–Crippen LogP) is 20.7. The molecule has 0 saturated heterocycles. The van der Waals surface area contributed by atoms with Crippen LogP contribution in [0, 0.1) is 0 Å². The van der Waals surface area contributed by atoms with Gasteiger partial charge in [0.25, 0.3) is 0 Å². The molecule has 0 unspecified atom stereocenters. The van der Waals surface area contributed by atoms with Crippen LogP contribution >= 0.6 is 0 Å². The van der Waals surface area contributed by atoms with Gasteiger partial charge in [-0.1, -0.05) is 221 Å². The van der Waals surface area contributed by atoms with Crippen LogP contribution in [-0.2, 0) is 17.3 Å². The molecule has 0 amide bonds. The second-order valence-electron chi connectivity index (χ2n) is 21.9. The van der Waals surface area contributed by atoms with Crippen molar-refractivity contribution in [3.05, 3.63) is 215 Å². The number of fused-ring (bicyclic) bond motifs is 6. The smallest absolute Gasteiger partial charge is 0.344 e. The minimum absolute atomic E-state index is 0.0448. The number of carbonyl (C=O) groups is 1. The normalized spacial score (nSPS) is 13.5. The van der Waals surface area contributed by atoms with Crippen molar-refractivity contribution in [3.63, 3.8) is 0 Å². The zero-order valence-corrected chi connectivity index (χ0v) is 45.8. The Morgan fingerprint density at radius 2 is 0.880 bits per heavy atom. The first-order valence-corrected chi connectivity index (χ1v) is 28.6. The van der Waals surface area contributed by atoms with Crippen LogP contribution in [-0.4, -0.2) is 5.97 Å². The third kappa shape index (κ3) is 9.69. The van der Waals surface area contributed by atoms with E-state index in [0.29, 0.717) is 17.2 Å². The maximum atomic E-state index is 14.2. The van der Waals surface area contributed by atoms with Gasteiger partial charge in [0.15, 0.2) is 0 Å². The molecule has 0 heterocycles. The van der Waals surface area contributed by atoms with Crippen LogP contribution in [0.2, 0.25) is 0 Å². The Hall–Kier alpha value is -6.97. The molecule has 8 aromatic rings. The van der Waals surface area contributed by atoms with Crippen LogP contribution < -0.4 is 9.64 Å². The van der Waals surface area contributed by atoms with Crippen molar-refractivity contribution in [1.29, 1.82) is 0 Å². The van der Waals surface area contributed by atoms with Crippen molar-refractivity contribution in [2.45, 2.75) is 149 Å². The Labute approximate surface area is 449 Å².